The van der Waals surface area contributed by atoms with Gasteiger partial charge in [-0.3, -0.25) is 9.59 Å². The molecule has 1 aromatic heterocycles. The van der Waals surface area contributed by atoms with Crippen LogP contribution in [-0.2, 0) is 9.53 Å². The van der Waals surface area contributed by atoms with E-state index in [4.69, 9.17) is 9.47 Å². The second-order valence-electron chi connectivity index (χ2n) is 8.03. The maximum absolute atomic E-state index is 13.0. The zero-order valence-corrected chi connectivity index (χ0v) is 18.1. The van der Waals surface area contributed by atoms with Gasteiger partial charge in [-0.25, -0.2) is 14.4 Å². The molecule has 2 aromatic rings. The molecule has 2 amide bonds. The van der Waals surface area contributed by atoms with Crippen LogP contribution in [0.3, 0.4) is 0 Å². The zero-order chi connectivity index (χ0) is 22.5. The van der Waals surface area contributed by atoms with E-state index in [1.165, 1.54) is 24.3 Å². The highest BCUT2D eigenvalue weighted by atomic mass is 19.1. The van der Waals surface area contributed by atoms with Gasteiger partial charge in [-0.1, -0.05) is 0 Å². The standard InChI is InChI=1S/C23H27FN4O4/c1-16-20(23(30)28-10-12-31-13-11-28)14-25-22(26-16)17-6-8-27(9-7-17)21(29)15-32-19-4-2-18(24)3-5-19/h2-5,14,17H,6-13,15H2,1H3. The van der Waals surface area contributed by atoms with Crippen LogP contribution >= 0.6 is 0 Å². The lowest BCUT2D eigenvalue weighted by atomic mass is 9.95. The number of piperidine rings is 1. The molecule has 0 spiro atoms. The molecule has 170 valence electrons. The molecular formula is C23H27FN4O4. The smallest absolute Gasteiger partial charge is 0.260 e. The number of hydrogen-bond acceptors (Lipinski definition) is 6. The summed E-state index contributed by atoms with van der Waals surface area (Å²) in [7, 11) is 0. The predicted octanol–water partition coefficient (Wildman–Crippen LogP) is 2.18. The third kappa shape index (κ3) is 5.21. The van der Waals surface area contributed by atoms with E-state index in [9.17, 15) is 14.0 Å². The maximum atomic E-state index is 13.0. The predicted molar refractivity (Wildman–Crippen MR) is 114 cm³/mol. The molecule has 0 aliphatic carbocycles. The van der Waals surface area contributed by atoms with E-state index in [0.717, 1.165) is 18.7 Å². The summed E-state index contributed by atoms with van der Waals surface area (Å²) in [5.41, 5.74) is 1.21. The fraction of sp³-hybridized carbons (Fsp3) is 0.478. The number of aryl methyl sites for hydroxylation is 1. The second-order valence-corrected chi connectivity index (χ2v) is 8.03. The summed E-state index contributed by atoms with van der Waals surface area (Å²) in [4.78, 5) is 37.8. The lowest BCUT2D eigenvalue weighted by Crippen LogP contribution is -2.41. The van der Waals surface area contributed by atoms with Crippen LogP contribution < -0.4 is 4.74 Å². The number of likely N-dealkylation sites (tertiary alicyclic amines) is 1. The lowest BCUT2D eigenvalue weighted by molar-refractivity contribution is -0.134. The van der Waals surface area contributed by atoms with E-state index in [0.29, 0.717) is 56.4 Å². The molecule has 8 nitrogen and oxygen atoms in total. The van der Waals surface area contributed by atoms with Gasteiger partial charge in [0.05, 0.1) is 24.5 Å². The lowest BCUT2D eigenvalue weighted by Gasteiger charge is -2.31. The topological polar surface area (TPSA) is 84.9 Å². The minimum atomic E-state index is -0.346. The van der Waals surface area contributed by atoms with E-state index < -0.39 is 0 Å². The number of ether oxygens (including phenoxy) is 2. The summed E-state index contributed by atoms with van der Waals surface area (Å²) in [6.45, 7) is 5.20. The molecule has 9 heteroatoms. The van der Waals surface area contributed by atoms with Crippen molar-refractivity contribution < 1.29 is 23.5 Å². The Kier molecular flexibility index (Phi) is 6.94. The molecule has 2 aliphatic heterocycles. The number of halogens is 1. The summed E-state index contributed by atoms with van der Waals surface area (Å²) < 4.78 is 23.7. The summed E-state index contributed by atoms with van der Waals surface area (Å²) in [6.07, 6.45) is 3.13. The molecular weight excluding hydrogens is 415 g/mol. The van der Waals surface area contributed by atoms with Gasteiger partial charge in [-0.05, 0) is 44.0 Å². The first-order valence-electron chi connectivity index (χ1n) is 10.9. The number of nitrogens with zero attached hydrogens (tertiary/aromatic N) is 4. The van der Waals surface area contributed by atoms with Gasteiger partial charge in [-0.2, -0.15) is 0 Å². The van der Waals surface area contributed by atoms with Crippen LogP contribution in [0.2, 0.25) is 0 Å². The molecule has 32 heavy (non-hydrogen) atoms. The van der Waals surface area contributed by atoms with Gasteiger partial charge in [-0.15, -0.1) is 0 Å². The van der Waals surface area contributed by atoms with Crippen LogP contribution in [0.5, 0.6) is 5.75 Å². The summed E-state index contributed by atoms with van der Waals surface area (Å²) in [5.74, 6) is 0.821. The number of carbonyl (C=O) groups excluding carboxylic acids is 2. The number of benzene rings is 1. The molecule has 1 aromatic carbocycles. The summed E-state index contributed by atoms with van der Waals surface area (Å²) >= 11 is 0. The summed E-state index contributed by atoms with van der Waals surface area (Å²) in [6, 6.07) is 5.60. The summed E-state index contributed by atoms with van der Waals surface area (Å²) in [5, 5.41) is 0. The Morgan fingerprint density at radius 2 is 1.78 bits per heavy atom. The van der Waals surface area contributed by atoms with Crippen molar-refractivity contribution in [3.8, 4) is 5.75 Å². The van der Waals surface area contributed by atoms with Crippen LogP contribution in [0.15, 0.2) is 30.5 Å². The molecule has 2 fully saturated rings. The number of rotatable bonds is 5. The number of aromatic nitrogens is 2. The van der Waals surface area contributed by atoms with E-state index in [2.05, 4.69) is 9.97 Å². The largest absolute Gasteiger partial charge is 0.484 e. The Morgan fingerprint density at radius 1 is 1.09 bits per heavy atom. The van der Waals surface area contributed by atoms with Crippen molar-refractivity contribution in [2.24, 2.45) is 0 Å². The van der Waals surface area contributed by atoms with Crippen LogP contribution in [0.25, 0.3) is 0 Å². The van der Waals surface area contributed by atoms with Crippen molar-refractivity contribution in [3.63, 3.8) is 0 Å². The van der Waals surface area contributed by atoms with Crippen molar-refractivity contribution in [2.75, 3.05) is 46.0 Å². The minimum Gasteiger partial charge on any atom is -0.484 e. The second kappa shape index (κ2) is 10.0. The van der Waals surface area contributed by atoms with E-state index in [-0.39, 0.29) is 30.2 Å². The van der Waals surface area contributed by atoms with Gasteiger partial charge in [0.15, 0.2) is 6.61 Å². The van der Waals surface area contributed by atoms with Crippen molar-refractivity contribution >= 4 is 11.8 Å². The van der Waals surface area contributed by atoms with Gasteiger partial charge in [0.1, 0.15) is 17.4 Å². The Morgan fingerprint density at radius 3 is 2.44 bits per heavy atom. The molecule has 4 rings (SSSR count). The quantitative estimate of drug-likeness (QED) is 0.706. The van der Waals surface area contributed by atoms with Crippen LogP contribution in [0.4, 0.5) is 4.39 Å². The monoisotopic (exact) mass is 442 g/mol. The van der Waals surface area contributed by atoms with Gasteiger partial charge in [0.25, 0.3) is 11.8 Å². The average molecular weight is 442 g/mol. The Hall–Kier alpha value is -3.07. The van der Waals surface area contributed by atoms with E-state index in [1.807, 2.05) is 6.92 Å². The van der Waals surface area contributed by atoms with Crippen molar-refractivity contribution in [3.05, 3.63) is 53.4 Å². The van der Waals surface area contributed by atoms with Crippen LogP contribution in [0, 0.1) is 12.7 Å². The number of amides is 2. The molecule has 2 aliphatic rings. The molecule has 2 saturated heterocycles. The normalized spacial score (nSPS) is 17.3. The van der Waals surface area contributed by atoms with Crippen molar-refractivity contribution in [1.29, 1.82) is 0 Å². The van der Waals surface area contributed by atoms with Gasteiger partial charge in [0.2, 0.25) is 0 Å². The van der Waals surface area contributed by atoms with Gasteiger partial charge >= 0.3 is 0 Å². The first-order chi connectivity index (χ1) is 15.5. The Balaban J connectivity index is 1.29. The van der Waals surface area contributed by atoms with Crippen LogP contribution in [0.1, 0.15) is 40.6 Å². The molecule has 3 heterocycles. The first-order valence-corrected chi connectivity index (χ1v) is 10.9. The fourth-order valence-corrected chi connectivity index (χ4v) is 3.98. The molecule has 0 atom stereocenters. The molecule has 0 saturated carbocycles. The highest BCUT2D eigenvalue weighted by Crippen LogP contribution is 2.26. The van der Waals surface area contributed by atoms with Crippen molar-refractivity contribution in [2.45, 2.75) is 25.7 Å². The van der Waals surface area contributed by atoms with E-state index in [1.54, 1.807) is 16.0 Å². The third-order valence-electron chi connectivity index (χ3n) is 5.92. The Labute approximate surface area is 186 Å². The number of hydrogen-bond donors (Lipinski definition) is 0. The van der Waals surface area contributed by atoms with Gasteiger partial charge < -0.3 is 19.3 Å². The molecule has 0 N–H and O–H groups in total. The number of carbonyl (C=O) groups is 2. The molecule has 0 bridgehead atoms. The van der Waals surface area contributed by atoms with Crippen LogP contribution in [-0.4, -0.2) is 77.6 Å². The Bertz CT molecular complexity index is 955. The number of morpholine rings is 1. The highest BCUT2D eigenvalue weighted by molar-refractivity contribution is 5.95. The highest BCUT2D eigenvalue weighted by Gasteiger charge is 2.27. The first kappa shape index (κ1) is 22.1. The van der Waals surface area contributed by atoms with Crippen molar-refractivity contribution in [1.82, 2.24) is 19.8 Å². The third-order valence-corrected chi connectivity index (χ3v) is 5.92. The molecule has 0 unspecified atom stereocenters. The minimum absolute atomic E-state index is 0.0566. The van der Waals surface area contributed by atoms with Gasteiger partial charge in [0, 0.05) is 38.3 Å². The van der Waals surface area contributed by atoms with E-state index >= 15 is 0 Å². The fourth-order valence-electron chi connectivity index (χ4n) is 3.98. The maximum Gasteiger partial charge on any atom is 0.260 e. The SMILES string of the molecule is Cc1nc(C2CCN(C(=O)COc3ccc(F)cc3)CC2)ncc1C(=O)N1CCOCC1. The zero-order valence-electron chi connectivity index (χ0n) is 18.1. The molecule has 0 radical (unpaired) electrons. The average Bonchev–Trinajstić information content (AvgIpc) is 2.83.